The predicted molar refractivity (Wildman–Crippen MR) is 88.2 cm³/mol. The molecule has 0 saturated carbocycles. The summed E-state index contributed by atoms with van der Waals surface area (Å²) in [7, 11) is 0. The van der Waals surface area contributed by atoms with Crippen molar-refractivity contribution >= 4 is 17.5 Å². The SMILES string of the molecule is CC1(C(N)=O)CCCCN1Cc1cn(-c2ccc(F)c(Cl)c2)nn1. The van der Waals surface area contributed by atoms with Crippen LogP contribution in [0.15, 0.2) is 24.4 Å². The molecule has 24 heavy (non-hydrogen) atoms. The van der Waals surface area contributed by atoms with Gasteiger partial charge in [-0.3, -0.25) is 9.69 Å². The van der Waals surface area contributed by atoms with Gasteiger partial charge in [-0.25, -0.2) is 9.07 Å². The molecule has 0 spiro atoms. The first-order chi connectivity index (χ1) is 11.4. The normalized spacial score (nSPS) is 21.8. The Balaban J connectivity index is 1.80. The lowest BCUT2D eigenvalue weighted by atomic mass is 9.87. The van der Waals surface area contributed by atoms with E-state index >= 15 is 0 Å². The quantitative estimate of drug-likeness (QED) is 0.916. The molecule has 1 fully saturated rings. The summed E-state index contributed by atoms with van der Waals surface area (Å²) >= 11 is 5.80. The molecule has 0 bridgehead atoms. The Morgan fingerprint density at radius 3 is 2.96 bits per heavy atom. The van der Waals surface area contributed by atoms with Crippen molar-refractivity contribution in [3.63, 3.8) is 0 Å². The number of rotatable bonds is 4. The summed E-state index contributed by atoms with van der Waals surface area (Å²) in [4.78, 5) is 13.9. The van der Waals surface area contributed by atoms with E-state index in [1.165, 1.54) is 16.8 Å². The van der Waals surface area contributed by atoms with Crippen LogP contribution in [0.3, 0.4) is 0 Å². The number of nitrogens with two attached hydrogens (primary N) is 1. The number of amides is 1. The van der Waals surface area contributed by atoms with E-state index in [9.17, 15) is 9.18 Å². The molecule has 1 unspecified atom stereocenters. The van der Waals surface area contributed by atoms with E-state index in [-0.39, 0.29) is 10.9 Å². The topological polar surface area (TPSA) is 77.0 Å². The van der Waals surface area contributed by atoms with Gasteiger partial charge in [-0.2, -0.15) is 0 Å². The molecule has 0 aliphatic carbocycles. The molecule has 1 aromatic heterocycles. The number of hydrogen-bond donors (Lipinski definition) is 1. The van der Waals surface area contributed by atoms with Gasteiger partial charge >= 0.3 is 0 Å². The van der Waals surface area contributed by atoms with E-state index in [1.54, 1.807) is 12.3 Å². The van der Waals surface area contributed by atoms with Crippen LogP contribution in [-0.2, 0) is 11.3 Å². The van der Waals surface area contributed by atoms with Gasteiger partial charge in [-0.1, -0.05) is 16.8 Å². The molecule has 1 amide bonds. The molecule has 1 aliphatic rings. The number of carbonyl (C=O) groups is 1. The fourth-order valence-corrected chi connectivity index (χ4v) is 3.20. The van der Waals surface area contributed by atoms with Crippen LogP contribution >= 0.6 is 11.6 Å². The van der Waals surface area contributed by atoms with E-state index in [0.717, 1.165) is 25.8 Å². The molecule has 0 radical (unpaired) electrons. The van der Waals surface area contributed by atoms with E-state index in [0.29, 0.717) is 17.9 Å². The van der Waals surface area contributed by atoms with Gasteiger partial charge in [0.2, 0.25) is 5.91 Å². The molecule has 1 aromatic carbocycles. The number of benzene rings is 1. The van der Waals surface area contributed by atoms with Gasteiger partial charge in [0.25, 0.3) is 0 Å². The smallest absolute Gasteiger partial charge is 0.237 e. The average molecular weight is 352 g/mol. The Morgan fingerprint density at radius 1 is 1.46 bits per heavy atom. The van der Waals surface area contributed by atoms with Gasteiger partial charge in [-0.05, 0) is 50.9 Å². The van der Waals surface area contributed by atoms with E-state index in [4.69, 9.17) is 17.3 Å². The van der Waals surface area contributed by atoms with E-state index in [1.807, 2.05) is 11.8 Å². The van der Waals surface area contributed by atoms with Crippen LogP contribution in [0.1, 0.15) is 31.9 Å². The standard InChI is InChI=1S/C16H19ClFN5O/c1-16(15(19)24)6-2-3-7-22(16)9-11-10-23(21-20-11)12-4-5-14(18)13(17)8-12/h4-5,8,10H,2-3,6-7,9H2,1H3,(H2,19,24). The van der Waals surface area contributed by atoms with Crippen molar-refractivity contribution in [2.45, 2.75) is 38.3 Å². The Bertz CT molecular complexity index is 765. The second-order valence-electron chi connectivity index (χ2n) is 6.27. The fraction of sp³-hybridized carbons (Fsp3) is 0.438. The maximum absolute atomic E-state index is 13.3. The first kappa shape index (κ1) is 16.9. The zero-order valence-electron chi connectivity index (χ0n) is 13.4. The third kappa shape index (κ3) is 3.14. The highest BCUT2D eigenvalue weighted by molar-refractivity contribution is 6.30. The molecule has 2 heterocycles. The van der Waals surface area contributed by atoms with Gasteiger partial charge in [-0.15, -0.1) is 5.10 Å². The number of aromatic nitrogens is 3. The van der Waals surface area contributed by atoms with Crippen molar-refractivity contribution in [2.24, 2.45) is 5.73 Å². The maximum Gasteiger partial charge on any atom is 0.237 e. The van der Waals surface area contributed by atoms with Gasteiger partial charge in [0, 0.05) is 6.54 Å². The van der Waals surface area contributed by atoms with Crippen molar-refractivity contribution < 1.29 is 9.18 Å². The zero-order valence-corrected chi connectivity index (χ0v) is 14.1. The minimum absolute atomic E-state index is 0.0295. The third-order valence-electron chi connectivity index (χ3n) is 4.63. The van der Waals surface area contributed by atoms with Gasteiger partial charge in [0.1, 0.15) is 5.82 Å². The van der Waals surface area contributed by atoms with Gasteiger partial charge in [0.05, 0.1) is 28.1 Å². The van der Waals surface area contributed by atoms with Crippen molar-refractivity contribution in [2.75, 3.05) is 6.54 Å². The summed E-state index contributed by atoms with van der Waals surface area (Å²) in [6, 6.07) is 4.35. The van der Waals surface area contributed by atoms with Gasteiger partial charge < -0.3 is 5.73 Å². The average Bonchev–Trinajstić information content (AvgIpc) is 3.01. The lowest BCUT2D eigenvalue weighted by Gasteiger charge is -2.42. The summed E-state index contributed by atoms with van der Waals surface area (Å²) in [6.07, 6.45) is 4.49. The minimum Gasteiger partial charge on any atom is -0.368 e. The van der Waals surface area contributed by atoms with Crippen LogP contribution in [0.4, 0.5) is 4.39 Å². The largest absolute Gasteiger partial charge is 0.368 e. The summed E-state index contributed by atoms with van der Waals surface area (Å²) in [5.74, 6) is -0.800. The molecule has 2 aromatic rings. The molecule has 1 saturated heterocycles. The number of likely N-dealkylation sites (tertiary alicyclic amines) is 1. The van der Waals surface area contributed by atoms with Crippen LogP contribution < -0.4 is 5.73 Å². The summed E-state index contributed by atoms with van der Waals surface area (Å²) < 4.78 is 14.8. The van der Waals surface area contributed by atoms with Crippen LogP contribution in [0.2, 0.25) is 5.02 Å². The maximum atomic E-state index is 13.3. The lowest BCUT2D eigenvalue weighted by Crippen LogP contribution is -2.57. The molecular formula is C16H19ClFN5O. The van der Waals surface area contributed by atoms with Crippen molar-refractivity contribution in [1.82, 2.24) is 19.9 Å². The van der Waals surface area contributed by atoms with Gasteiger partial charge in [0.15, 0.2) is 0 Å². The molecule has 8 heteroatoms. The molecule has 1 aliphatic heterocycles. The summed E-state index contributed by atoms with van der Waals surface area (Å²) in [6.45, 7) is 3.14. The Morgan fingerprint density at radius 2 is 2.25 bits per heavy atom. The molecule has 128 valence electrons. The Labute approximate surface area is 144 Å². The first-order valence-corrected chi connectivity index (χ1v) is 8.19. The molecule has 3 rings (SSSR count). The number of primary amides is 1. The number of carbonyl (C=O) groups excluding carboxylic acids is 1. The number of hydrogen-bond acceptors (Lipinski definition) is 4. The number of piperidine rings is 1. The molecule has 1 atom stereocenters. The monoisotopic (exact) mass is 351 g/mol. The van der Waals surface area contributed by atoms with Crippen LogP contribution in [0.5, 0.6) is 0 Å². The number of halogens is 2. The van der Waals surface area contributed by atoms with E-state index < -0.39 is 11.4 Å². The van der Waals surface area contributed by atoms with Crippen LogP contribution in [0, 0.1) is 5.82 Å². The first-order valence-electron chi connectivity index (χ1n) is 7.82. The van der Waals surface area contributed by atoms with Crippen molar-refractivity contribution in [3.8, 4) is 5.69 Å². The highest BCUT2D eigenvalue weighted by Gasteiger charge is 2.39. The molecular weight excluding hydrogens is 333 g/mol. The van der Waals surface area contributed by atoms with Crippen molar-refractivity contribution in [3.05, 3.63) is 40.9 Å². The van der Waals surface area contributed by atoms with E-state index in [2.05, 4.69) is 10.3 Å². The van der Waals surface area contributed by atoms with Crippen molar-refractivity contribution in [1.29, 1.82) is 0 Å². The molecule has 2 N–H and O–H groups in total. The lowest BCUT2D eigenvalue weighted by molar-refractivity contribution is -0.132. The highest BCUT2D eigenvalue weighted by atomic mass is 35.5. The second kappa shape index (κ2) is 6.49. The third-order valence-corrected chi connectivity index (χ3v) is 4.92. The summed E-state index contributed by atoms with van der Waals surface area (Å²) in [5, 5.41) is 8.23. The van der Waals surface area contributed by atoms with Crippen LogP contribution in [0.25, 0.3) is 5.69 Å². The second-order valence-corrected chi connectivity index (χ2v) is 6.68. The van der Waals surface area contributed by atoms with Crippen LogP contribution in [-0.4, -0.2) is 37.9 Å². The predicted octanol–water partition coefficient (Wildman–Crippen LogP) is 2.29. The number of nitrogens with zero attached hydrogens (tertiary/aromatic N) is 4. The fourth-order valence-electron chi connectivity index (χ4n) is 3.03. The zero-order chi connectivity index (χ0) is 17.3. The minimum atomic E-state index is -0.665. The highest BCUT2D eigenvalue weighted by Crippen LogP contribution is 2.29. The summed E-state index contributed by atoms with van der Waals surface area (Å²) in [5.41, 5.74) is 6.27. The Kier molecular flexibility index (Phi) is 4.56. The molecule has 6 nitrogen and oxygen atoms in total. The Hall–Kier alpha value is -1.99.